The number of rotatable bonds is 10. The first-order chi connectivity index (χ1) is 12.6. The summed E-state index contributed by atoms with van der Waals surface area (Å²) in [6, 6.07) is 7.52. The van der Waals surface area contributed by atoms with E-state index in [9.17, 15) is 4.79 Å². The van der Waals surface area contributed by atoms with E-state index in [2.05, 4.69) is 15.5 Å². The van der Waals surface area contributed by atoms with Crippen molar-refractivity contribution in [2.75, 3.05) is 19.8 Å². The lowest BCUT2D eigenvalue weighted by molar-refractivity contribution is -0.120. The van der Waals surface area contributed by atoms with Gasteiger partial charge in [0.15, 0.2) is 11.0 Å². The molecule has 26 heavy (non-hydrogen) atoms. The molecule has 0 bridgehead atoms. The van der Waals surface area contributed by atoms with Crippen molar-refractivity contribution in [3.05, 3.63) is 29.3 Å². The lowest BCUT2D eigenvalue weighted by Gasteiger charge is -2.13. The third kappa shape index (κ3) is 5.72. The number of thioether (sulfide) groups is 1. The standard InChI is InChI=1S/C18H25ClN4O2S/c1-4-23-16(14-8-6-9-15(19)12-14)21-22-18(23)26-13(3)17(24)20-10-7-11-25-5-2/h6,8-9,12-13H,4-5,7,10-11H2,1-3H3,(H,20,24). The van der Waals surface area contributed by atoms with Gasteiger partial charge in [0, 0.05) is 36.9 Å². The normalized spacial score (nSPS) is 12.2. The summed E-state index contributed by atoms with van der Waals surface area (Å²) in [6.07, 6.45) is 0.807. The van der Waals surface area contributed by atoms with Gasteiger partial charge in [-0.1, -0.05) is 35.5 Å². The summed E-state index contributed by atoms with van der Waals surface area (Å²) in [5, 5.41) is 12.6. The largest absolute Gasteiger partial charge is 0.382 e. The number of ether oxygens (including phenoxy) is 1. The van der Waals surface area contributed by atoms with Crippen molar-refractivity contribution in [3.63, 3.8) is 0 Å². The molecule has 1 atom stereocenters. The summed E-state index contributed by atoms with van der Waals surface area (Å²) >= 11 is 7.48. The quantitative estimate of drug-likeness (QED) is 0.490. The second-order valence-corrected chi connectivity index (χ2v) is 7.41. The van der Waals surface area contributed by atoms with Crippen molar-refractivity contribution in [3.8, 4) is 11.4 Å². The van der Waals surface area contributed by atoms with Crippen LogP contribution in [0, 0.1) is 0 Å². The molecule has 1 aromatic heterocycles. The molecule has 0 aliphatic rings. The molecule has 2 aromatic rings. The molecule has 1 amide bonds. The summed E-state index contributed by atoms with van der Waals surface area (Å²) in [5.41, 5.74) is 0.909. The number of nitrogens with one attached hydrogen (secondary N) is 1. The Bertz CT molecular complexity index is 723. The number of amides is 1. The number of halogens is 1. The number of carbonyl (C=O) groups excluding carboxylic acids is 1. The lowest BCUT2D eigenvalue weighted by Crippen LogP contribution is -2.32. The third-order valence-corrected chi connectivity index (χ3v) is 5.05. The summed E-state index contributed by atoms with van der Waals surface area (Å²) in [5.74, 6) is 0.739. The Morgan fingerprint density at radius 3 is 2.88 bits per heavy atom. The maximum atomic E-state index is 12.3. The van der Waals surface area contributed by atoms with Crippen LogP contribution in [-0.2, 0) is 16.1 Å². The van der Waals surface area contributed by atoms with Crippen LogP contribution in [0.25, 0.3) is 11.4 Å². The number of benzene rings is 1. The van der Waals surface area contributed by atoms with Gasteiger partial charge in [0.2, 0.25) is 5.91 Å². The van der Waals surface area contributed by atoms with E-state index in [1.165, 1.54) is 11.8 Å². The maximum Gasteiger partial charge on any atom is 0.233 e. The van der Waals surface area contributed by atoms with Gasteiger partial charge in [-0.3, -0.25) is 4.79 Å². The number of aromatic nitrogens is 3. The van der Waals surface area contributed by atoms with Crippen molar-refractivity contribution in [2.24, 2.45) is 0 Å². The van der Waals surface area contributed by atoms with Gasteiger partial charge in [0.1, 0.15) is 0 Å². The molecule has 142 valence electrons. The predicted octanol–water partition coefficient (Wildman–Crippen LogP) is 3.64. The fourth-order valence-electron chi connectivity index (χ4n) is 2.39. The first-order valence-corrected chi connectivity index (χ1v) is 10.0. The molecule has 1 N–H and O–H groups in total. The van der Waals surface area contributed by atoms with E-state index < -0.39 is 0 Å². The summed E-state index contributed by atoms with van der Waals surface area (Å²) in [7, 11) is 0. The van der Waals surface area contributed by atoms with E-state index in [1.54, 1.807) is 0 Å². The van der Waals surface area contributed by atoms with Crippen molar-refractivity contribution < 1.29 is 9.53 Å². The fraction of sp³-hybridized carbons (Fsp3) is 0.500. The van der Waals surface area contributed by atoms with Crippen LogP contribution in [-0.4, -0.2) is 45.7 Å². The van der Waals surface area contributed by atoms with E-state index in [-0.39, 0.29) is 11.2 Å². The second-order valence-electron chi connectivity index (χ2n) is 5.66. The number of nitrogens with zero attached hydrogens (tertiary/aromatic N) is 3. The van der Waals surface area contributed by atoms with Crippen molar-refractivity contribution in [2.45, 2.75) is 44.1 Å². The number of hydrogen-bond donors (Lipinski definition) is 1. The highest BCUT2D eigenvalue weighted by Gasteiger charge is 2.20. The molecule has 1 unspecified atom stereocenters. The monoisotopic (exact) mass is 396 g/mol. The van der Waals surface area contributed by atoms with Crippen LogP contribution < -0.4 is 5.32 Å². The Kier molecular flexibility index (Phi) is 8.41. The Labute approximate surface area is 163 Å². The van der Waals surface area contributed by atoms with Crippen molar-refractivity contribution >= 4 is 29.3 Å². The minimum Gasteiger partial charge on any atom is -0.382 e. The van der Waals surface area contributed by atoms with Crippen LogP contribution in [0.1, 0.15) is 27.2 Å². The highest BCUT2D eigenvalue weighted by atomic mass is 35.5. The Morgan fingerprint density at radius 1 is 1.38 bits per heavy atom. The Morgan fingerprint density at radius 2 is 2.19 bits per heavy atom. The van der Waals surface area contributed by atoms with Gasteiger partial charge < -0.3 is 14.6 Å². The molecular formula is C18H25ClN4O2S. The minimum absolute atomic E-state index is 0.0125. The average molecular weight is 397 g/mol. The summed E-state index contributed by atoms with van der Waals surface area (Å²) in [4.78, 5) is 12.3. The first kappa shape index (κ1) is 20.7. The third-order valence-electron chi connectivity index (χ3n) is 3.74. The Hall–Kier alpha value is -1.57. The van der Waals surface area contributed by atoms with Gasteiger partial charge >= 0.3 is 0 Å². The molecule has 1 aromatic carbocycles. The van der Waals surface area contributed by atoms with Crippen LogP contribution in [0.3, 0.4) is 0 Å². The fourth-order valence-corrected chi connectivity index (χ4v) is 3.52. The molecule has 0 aliphatic carbocycles. The van der Waals surface area contributed by atoms with Gasteiger partial charge in [-0.25, -0.2) is 0 Å². The molecule has 2 rings (SSSR count). The van der Waals surface area contributed by atoms with Crippen LogP contribution >= 0.6 is 23.4 Å². The van der Waals surface area contributed by atoms with Crippen molar-refractivity contribution in [1.29, 1.82) is 0 Å². The van der Waals surface area contributed by atoms with Gasteiger partial charge in [-0.15, -0.1) is 10.2 Å². The van der Waals surface area contributed by atoms with Crippen LogP contribution in [0.4, 0.5) is 0 Å². The number of carbonyl (C=O) groups is 1. The van der Waals surface area contributed by atoms with Gasteiger partial charge in [-0.2, -0.15) is 0 Å². The second kappa shape index (κ2) is 10.5. The zero-order chi connectivity index (χ0) is 18.9. The molecule has 0 radical (unpaired) electrons. The van der Waals surface area contributed by atoms with Crippen LogP contribution in [0.2, 0.25) is 5.02 Å². The molecule has 0 saturated heterocycles. The molecule has 0 fully saturated rings. The van der Waals surface area contributed by atoms with Crippen LogP contribution in [0.15, 0.2) is 29.4 Å². The highest BCUT2D eigenvalue weighted by molar-refractivity contribution is 8.00. The molecule has 0 aliphatic heterocycles. The zero-order valence-electron chi connectivity index (χ0n) is 15.4. The molecule has 8 heteroatoms. The lowest BCUT2D eigenvalue weighted by atomic mass is 10.2. The molecule has 6 nitrogen and oxygen atoms in total. The molecule has 0 spiro atoms. The van der Waals surface area contributed by atoms with Gasteiger partial charge in [0.05, 0.1) is 5.25 Å². The van der Waals surface area contributed by atoms with Gasteiger partial charge in [0.25, 0.3) is 0 Å². The molecular weight excluding hydrogens is 372 g/mol. The first-order valence-electron chi connectivity index (χ1n) is 8.78. The maximum absolute atomic E-state index is 12.3. The zero-order valence-corrected chi connectivity index (χ0v) is 16.9. The van der Waals surface area contributed by atoms with Gasteiger partial charge in [-0.05, 0) is 39.3 Å². The predicted molar refractivity (Wildman–Crippen MR) is 106 cm³/mol. The molecule has 1 heterocycles. The number of hydrogen-bond acceptors (Lipinski definition) is 5. The van der Waals surface area contributed by atoms with E-state index >= 15 is 0 Å². The highest BCUT2D eigenvalue weighted by Crippen LogP contribution is 2.28. The smallest absolute Gasteiger partial charge is 0.233 e. The summed E-state index contributed by atoms with van der Waals surface area (Å²) in [6.45, 7) is 8.53. The Balaban J connectivity index is 1.99. The SMILES string of the molecule is CCOCCCNC(=O)C(C)Sc1nnc(-c2cccc(Cl)c2)n1CC. The average Bonchev–Trinajstić information content (AvgIpc) is 3.03. The molecule has 0 saturated carbocycles. The van der Waals surface area contributed by atoms with E-state index in [0.717, 1.165) is 23.0 Å². The van der Waals surface area contributed by atoms with E-state index in [4.69, 9.17) is 16.3 Å². The van der Waals surface area contributed by atoms with Crippen molar-refractivity contribution in [1.82, 2.24) is 20.1 Å². The summed E-state index contributed by atoms with van der Waals surface area (Å²) < 4.78 is 7.26. The van der Waals surface area contributed by atoms with E-state index in [1.807, 2.05) is 49.6 Å². The van der Waals surface area contributed by atoms with E-state index in [0.29, 0.717) is 31.3 Å². The van der Waals surface area contributed by atoms with Crippen LogP contribution in [0.5, 0.6) is 0 Å². The topological polar surface area (TPSA) is 69.0 Å². The minimum atomic E-state index is -0.260.